The Kier molecular flexibility index (Phi) is 5.70. The first-order valence-corrected chi connectivity index (χ1v) is 11.7. The minimum Gasteiger partial charge on any atom is -0.370 e. The van der Waals surface area contributed by atoms with Crippen LogP contribution in [0.2, 0.25) is 0 Å². The molecule has 0 amide bonds. The number of aromatic nitrogens is 1. The first-order valence-electron chi connectivity index (χ1n) is 10.8. The molecule has 3 aromatic carbocycles. The third-order valence-corrected chi connectivity index (χ3v) is 6.85. The molecule has 0 unspecified atom stereocenters. The summed E-state index contributed by atoms with van der Waals surface area (Å²) in [5.74, 6) is 0. The molecule has 2 aliphatic rings. The Hall–Kier alpha value is -3.50. The van der Waals surface area contributed by atoms with Crippen LogP contribution in [-0.4, -0.2) is 19.1 Å². The molecule has 4 heteroatoms. The van der Waals surface area contributed by atoms with E-state index in [0.717, 1.165) is 24.3 Å². The van der Waals surface area contributed by atoms with Gasteiger partial charge in [-0.15, -0.1) is 11.3 Å². The molecular weight excluding hydrogens is 410 g/mol. The molecule has 1 heterocycles. The second kappa shape index (κ2) is 8.93. The highest BCUT2D eigenvalue weighted by molar-refractivity contribution is 7.21. The first-order chi connectivity index (χ1) is 15.7. The van der Waals surface area contributed by atoms with Gasteiger partial charge in [0.25, 0.3) is 0 Å². The highest BCUT2D eigenvalue weighted by Gasteiger charge is 2.11. The van der Waals surface area contributed by atoms with Gasteiger partial charge in [0.2, 0.25) is 5.36 Å². The van der Waals surface area contributed by atoms with Gasteiger partial charge in [0.05, 0.1) is 20.8 Å². The van der Waals surface area contributed by atoms with Crippen molar-refractivity contribution in [3.63, 3.8) is 0 Å². The second-order valence-corrected chi connectivity index (χ2v) is 9.29. The van der Waals surface area contributed by atoms with Crippen LogP contribution >= 0.6 is 11.3 Å². The molecule has 3 aromatic rings. The average Bonchev–Trinajstić information content (AvgIpc) is 2.83. The van der Waals surface area contributed by atoms with Crippen LogP contribution in [-0.2, 0) is 13.1 Å². The van der Waals surface area contributed by atoms with Crippen molar-refractivity contribution in [2.24, 2.45) is 0 Å². The molecule has 0 fully saturated rings. The van der Waals surface area contributed by atoms with E-state index in [1.165, 1.54) is 31.7 Å². The normalized spacial score (nSPS) is 12.2. The summed E-state index contributed by atoms with van der Waals surface area (Å²) in [7, 11) is 4.29. The van der Waals surface area contributed by atoms with Crippen LogP contribution in [0.15, 0.2) is 97.1 Å². The minimum absolute atomic E-state index is 0.881. The van der Waals surface area contributed by atoms with E-state index >= 15 is 0 Å². The van der Waals surface area contributed by atoms with Crippen molar-refractivity contribution >= 4 is 27.2 Å². The zero-order valence-electron chi connectivity index (χ0n) is 18.4. The number of anilines is 1. The lowest BCUT2D eigenvalue weighted by molar-refractivity contribution is 0.669. The molecule has 0 radical (unpaired) electrons. The zero-order chi connectivity index (χ0) is 21.9. The molecule has 0 bridgehead atoms. The number of rotatable bonds is 5. The van der Waals surface area contributed by atoms with Gasteiger partial charge in [-0.1, -0.05) is 60.7 Å². The smallest absolute Gasteiger partial charge is 0.201 e. The molecule has 0 spiro atoms. The number of hydrogen-bond acceptors (Lipinski definition) is 3. The van der Waals surface area contributed by atoms with E-state index in [4.69, 9.17) is 4.98 Å². The third kappa shape index (κ3) is 4.41. The maximum absolute atomic E-state index is 4.92. The first kappa shape index (κ1) is 20.4. The number of benzene rings is 4. The minimum atomic E-state index is 0.881. The maximum Gasteiger partial charge on any atom is 0.201 e. The molecule has 0 saturated heterocycles. The summed E-state index contributed by atoms with van der Waals surface area (Å²) >= 11 is 1.81. The standard InChI is InChI=1S/C28H26N3S/c1-30(19-21-9-5-3-6-10-21)23-13-15-25-27(17-23)32-28-18-24(14-16-26(28)29-25)31(2)20-22-11-7-4-8-12-22/h3-18H,19-20H2,1-2H3/q+1. The van der Waals surface area contributed by atoms with Gasteiger partial charge in [-0.05, 0) is 29.8 Å². The number of nitrogens with zero attached hydrogens (tertiary/aromatic N) is 3. The molecule has 0 saturated carbocycles. The SMILES string of the molecule is CN(Cc1ccccc1)c1ccc2nc3ccc(=[N+](C)Cc4ccccc4)cc-3sc2c1. The van der Waals surface area contributed by atoms with E-state index in [2.05, 4.69) is 121 Å². The predicted molar refractivity (Wildman–Crippen MR) is 136 cm³/mol. The molecule has 0 aromatic heterocycles. The fourth-order valence-corrected chi connectivity index (χ4v) is 5.01. The van der Waals surface area contributed by atoms with E-state index in [9.17, 15) is 0 Å². The van der Waals surface area contributed by atoms with Crippen LogP contribution in [0.4, 0.5) is 5.69 Å². The molecule has 0 atom stereocenters. The monoisotopic (exact) mass is 436 g/mol. The van der Waals surface area contributed by atoms with Gasteiger partial charge in [-0.25, -0.2) is 9.56 Å². The third-order valence-electron chi connectivity index (χ3n) is 5.75. The largest absolute Gasteiger partial charge is 0.370 e. The van der Waals surface area contributed by atoms with Crippen LogP contribution in [0.1, 0.15) is 11.1 Å². The van der Waals surface area contributed by atoms with Crippen LogP contribution in [0.3, 0.4) is 0 Å². The van der Waals surface area contributed by atoms with Gasteiger partial charge in [0.15, 0.2) is 6.54 Å². The van der Waals surface area contributed by atoms with E-state index in [1.54, 1.807) is 0 Å². The second-order valence-electron chi connectivity index (χ2n) is 8.20. The predicted octanol–water partition coefficient (Wildman–Crippen LogP) is 5.64. The van der Waals surface area contributed by atoms with Crippen molar-refractivity contribution in [2.45, 2.75) is 13.1 Å². The fourth-order valence-electron chi connectivity index (χ4n) is 3.97. The Bertz CT molecular complexity index is 1390. The maximum atomic E-state index is 4.92. The molecule has 1 aliphatic carbocycles. The molecule has 3 nitrogen and oxygen atoms in total. The van der Waals surface area contributed by atoms with Crippen molar-refractivity contribution in [1.29, 1.82) is 0 Å². The average molecular weight is 437 g/mol. The van der Waals surface area contributed by atoms with Crippen molar-refractivity contribution in [3.05, 3.63) is 114 Å². The quantitative estimate of drug-likeness (QED) is 0.262. The fraction of sp³-hybridized carbons (Fsp3) is 0.143. The Balaban J connectivity index is 1.49. The summed E-state index contributed by atoms with van der Waals surface area (Å²) in [6, 6.07) is 34.3. The van der Waals surface area contributed by atoms with Crippen molar-refractivity contribution in [3.8, 4) is 10.6 Å². The molecular formula is C28H26N3S+. The van der Waals surface area contributed by atoms with Gasteiger partial charge >= 0.3 is 0 Å². The van der Waals surface area contributed by atoms with Crippen LogP contribution < -0.4 is 14.8 Å². The lowest BCUT2D eigenvalue weighted by Gasteiger charge is -2.20. The van der Waals surface area contributed by atoms with Crippen molar-refractivity contribution < 1.29 is 0 Å². The van der Waals surface area contributed by atoms with Gasteiger partial charge in [0, 0.05) is 37.0 Å². The van der Waals surface area contributed by atoms with Crippen molar-refractivity contribution in [1.82, 2.24) is 9.56 Å². The van der Waals surface area contributed by atoms with Gasteiger partial charge in [-0.3, -0.25) is 0 Å². The topological polar surface area (TPSA) is 19.1 Å². The summed E-state index contributed by atoms with van der Waals surface area (Å²) in [6.07, 6.45) is 0. The van der Waals surface area contributed by atoms with E-state index in [0.29, 0.717) is 0 Å². The summed E-state index contributed by atoms with van der Waals surface area (Å²) < 4.78 is 3.49. The molecule has 1 aliphatic heterocycles. The van der Waals surface area contributed by atoms with E-state index in [1.807, 2.05) is 11.3 Å². The highest BCUT2D eigenvalue weighted by Crippen LogP contribution is 2.32. The van der Waals surface area contributed by atoms with Gasteiger partial charge < -0.3 is 4.90 Å². The Morgan fingerprint density at radius 1 is 0.812 bits per heavy atom. The molecule has 5 rings (SSSR count). The molecule has 32 heavy (non-hydrogen) atoms. The summed E-state index contributed by atoms with van der Waals surface area (Å²) in [6.45, 7) is 1.76. The Morgan fingerprint density at radius 3 is 2.28 bits per heavy atom. The summed E-state index contributed by atoms with van der Waals surface area (Å²) in [4.78, 5) is 8.41. The molecule has 0 N–H and O–H groups in total. The van der Waals surface area contributed by atoms with Gasteiger partial charge in [-0.2, -0.15) is 0 Å². The number of hydrogen-bond donors (Lipinski definition) is 0. The Labute approximate surface area is 192 Å². The van der Waals surface area contributed by atoms with E-state index in [-0.39, 0.29) is 0 Å². The lowest BCUT2D eigenvalue weighted by Crippen LogP contribution is -2.25. The lowest BCUT2D eigenvalue weighted by atomic mass is 10.2. The van der Waals surface area contributed by atoms with Crippen molar-refractivity contribution in [2.75, 3.05) is 19.0 Å². The molecule has 158 valence electrons. The summed E-state index contributed by atoms with van der Waals surface area (Å²) in [5, 5.41) is 1.20. The zero-order valence-corrected chi connectivity index (χ0v) is 19.2. The Morgan fingerprint density at radius 2 is 1.53 bits per heavy atom. The van der Waals surface area contributed by atoms with Crippen LogP contribution in [0, 0.1) is 0 Å². The van der Waals surface area contributed by atoms with E-state index < -0.39 is 0 Å². The number of fused-ring (bicyclic) bond motifs is 2. The van der Waals surface area contributed by atoms with Crippen LogP contribution in [0.25, 0.3) is 20.8 Å². The van der Waals surface area contributed by atoms with Gasteiger partial charge in [0.1, 0.15) is 7.05 Å². The highest BCUT2D eigenvalue weighted by atomic mass is 32.1. The van der Waals surface area contributed by atoms with Crippen LogP contribution in [0.5, 0.6) is 0 Å². The summed E-state index contributed by atoms with van der Waals surface area (Å²) in [5.41, 5.74) is 5.91.